The molecule has 2 aliphatic rings. The lowest BCUT2D eigenvalue weighted by Gasteiger charge is -2.35. The van der Waals surface area contributed by atoms with Crippen LogP contribution in [-0.4, -0.2) is 22.0 Å². The number of aliphatic imine (C=N–C) groups is 1. The standard InChI is InChI=1S/C30H29BrN2O2S/c1-21-9-5-7-13-26(21)33-29(34)28(36-30(33)32-25-11-3-2-4-12-25)19-23-10-6-8-14-27(23)35-20-22-15-17-24(31)18-16-22/h2-4,6,8,10-12,14-19,21,26H,5,7,9,13,20H2,1H3/b28-19-,32-30?/t21-,26+/m1/s1. The molecule has 2 fully saturated rings. The number of nitrogens with zero attached hydrogens (tertiary/aromatic N) is 2. The predicted octanol–water partition coefficient (Wildman–Crippen LogP) is 8.21. The summed E-state index contributed by atoms with van der Waals surface area (Å²) in [6, 6.07) is 26.0. The van der Waals surface area contributed by atoms with Gasteiger partial charge in [-0.3, -0.25) is 9.69 Å². The summed E-state index contributed by atoms with van der Waals surface area (Å²) in [5, 5.41) is 0.768. The zero-order chi connectivity index (χ0) is 24.9. The van der Waals surface area contributed by atoms with E-state index in [9.17, 15) is 4.79 Å². The van der Waals surface area contributed by atoms with E-state index in [1.165, 1.54) is 18.2 Å². The van der Waals surface area contributed by atoms with Gasteiger partial charge in [0.2, 0.25) is 0 Å². The van der Waals surface area contributed by atoms with Crippen molar-refractivity contribution < 1.29 is 9.53 Å². The number of para-hydroxylation sites is 2. The van der Waals surface area contributed by atoms with E-state index in [2.05, 4.69) is 22.9 Å². The molecule has 2 atom stereocenters. The number of carbonyl (C=O) groups is 1. The molecular formula is C30H29BrN2O2S. The molecule has 0 bridgehead atoms. The third-order valence-corrected chi connectivity index (χ3v) is 8.24. The normalized spacial score (nSPS) is 22.4. The Morgan fingerprint density at radius 2 is 1.72 bits per heavy atom. The Morgan fingerprint density at radius 3 is 2.50 bits per heavy atom. The zero-order valence-corrected chi connectivity index (χ0v) is 22.7. The lowest BCUT2D eigenvalue weighted by molar-refractivity contribution is -0.124. The van der Waals surface area contributed by atoms with Gasteiger partial charge in [-0.15, -0.1) is 0 Å². The van der Waals surface area contributed by atoms with Crippen LogP contribution < -0.4 is 4.74 Å². The van der Waals surface area contributed by atoms with Gasteiger partial charge in [0.25, 0.3) is 5.91 Å². The number of halogens is 1. The van der Waals surface area contributed by atoms with Crippen molar-refractivity contribution in [2.24, 2.45) is 10.9 Å². The minimum atomic E-state index is 0.0381. The molecule has 3 aromatic carbocycles. The molecule has 0 aromatic heterocycles. The maximum Gasteiger partial charge on any atom is 0.267 e. The van der Waals surface area contributed by atoms with E-state index in [0.29, 0.717) is 17.4 Å². The summed E-state index contributed by atoms with van der Waals surface area (Å²) in [4.78, 5) is 21.3. The minimum Gasteiger partial charge on any atom is -0.488 e. The lowest BCUT2D eigenvalue weighted by Crippen LogP contribution is -2.44. The Kier molecular flexibility index (Phi) is 7.93. The van der Waals surface area contributed by atoms with E-state index in [-0.39, 0.29) is 11.9 Å². The first kappa shape index (κ1) is 24.8. The van der Waals surface area contributed by atoms with Gasteiger partial charge in [0.05, 0.1) is 10.6 Å². The molecule has 1 amide bonds. The third-order valence-electron chi connectivity index (χ3n) is 6.73. The monoisotopic (exact) mass is 560 g/mol. The number of hydrogen-bond acceptors (Lipinski definition) is 4. The van der Waals surface area contributed by atoms with Crippen LogP contribution in [0.1, 0.15) is 43.7 Å². The van der Waals surface area contributed by atoms with Crippen LogP contribution >= 0.6 is 27.7 Å². The molecular weight excluding hydrogens is 532 g/mol. The van der Waals surface area contributed by atoms with Crippen LogP contribution in [0.5, 0.6) is 5.75 Å². The van der Waals surface area contributed by atoms with E-state index in [1.54, 1.807) is 0 Å². The van der Waals surface area contributed by atoms with E-state index >= 15 is 0 Å². The average Bonchev–Trinajstić information content (AvgIpc) is 3.19. The molecule has 1 aliphatic heterocycles. The second-order valence-electron chi connectivity index (χ2n) is 9.30. The van der Waals surface area contributed by atoms with Crippen molar-refractivity contribution in [3.05, 3.63) is 99.4 Å². The number of amides is 1. The van der Waals surface area contributed by atoms with Crippen molar-refractivity contribution in [3.63, 3.8) is 0 Å². The smallest absolute Gasteiger partial charge is 0.267 e. The SMILES string of the molecule is C[C@@H]1CCCC[C@@H]1N1C(=O)/C(=C/c2ccccc2OCc2ccc(Br)cc2)SC1=Nc1ccccc1. The Hall–Kier alpha value is -2.83. The highest BCUT2D eigenvalue weighted by atomic mass is 79.9. The molecule has 5 rings (SSSR count). The van der Waals surface area contributed by atoms with Crippen LogP contribution in [0.2, 0.25) is 0 Å². The molecule has 1 heterocycles. The summed E-state index contributed by atoms with van der Waals surface area (Å²) in [5.41, 5.74) is 2.84. The highest BCUT2D eigenvalue weighted by Gasteiger charge is 2.41. The van der Waals surface area contributed by atoms with Gasteiger partial charge in [-0.1, -0.05) is 84.2 Å². The van der Waals surface area contributed by atoms with Crippen molar-refractivity contribution in [2.75, 3.05) is 0 Å². The lowest BCUT2D eigenvalue weighted by atomic mass is 9.85. The van der Waals surface area contributed by atoms with Crippen molar-refractivity contribution in [1.82, 2.24) is 4.90 Å². The molecule has 0 radical (unpaired) electrons. The summed E-state index contributed by atoms with van der Waals surface area (Å²) < 4.78 is 7.21. The van der Waals surface area contributed by atoms with Gasteiger partial charge in [-0.05, 0) is 72.5 Å². The molecule has 4 nitrogen and oxygen atoms in total. The first-order chi connectivity index (χ1) is 17.6. The second kappa shape index (κ2) is 11.5. The molecule has 36 heavy (non-hydrogen) atoms. The van der Waals surface area contributed by atoms with Crippen LogP contribution in [0.25, 0.3) is 6.08 Å². The molecule has 1 saturated heterocycles. The Morgan fingerprint density at radius 1 is 1.00 bits per heavy atom. The molecule has 6 heteroatoms. The quantitative estimate of drug-likeness (QED) is 0.285. The van der Waals surface area contributed by atoms with Gasteiger partial charge in [-0.25, -0.2) is 4.99 Å². The van der Waals surface area contributed by atoms with Crippen LogP contribution in [-0.2, 0) is 11.4 Å². The molecule has 1 aliphatic carbocycles. The topological polar surface area (TPSA) is 41.9 Å². The van der Waals surface area contributed by atoms with E-state index in [0.717, 1.165) is 51.5 Å². The van der Waals surface area contributed by atoms with Gasteiger partial charge in [0.1, 0.15) is 12.4 Å². The van der Waals surface area contributed by atoms with Gasteiger partial charge in [0.15, 0.2) is 5.17 Å². The predicted molar refractivity (Wildman–Crippen MR) is 152 cm³/mol. The Balaban J connectivity index is 1.44. The summed E-state index contributed by atoms with van der Waals surface area (Å²) in [6.07, 6.45) is 6.49. The first-order valence-corrected chi connectivity index (χ1v) is 14.0. The number of amidine groups is 1. The zero-order valence-electron chi connectivity index (χ0n) is 20.3. The molecule has 1 saturated carbocycles. The maximum absolute atomic E-state index is 13.8. The highest BCUT2D eigenvalue weighted by molar-refractivity contribution is 9.10. The fourth-order valence-electron chi connectivity index (χ4n) is 4.76. The number of ether oxygens (including phenoxy) is 1. The average molecular weight is 562 g/mol. The fourth-order valence-corrected chi connectivity index (χ4v) is 6.06. The van der Waals surface area contributed by atoms with E-state index < -0.39 is 0 Å². The van der Waals surface area contributed by atoms with Crippen LogP contribution in [0.4, 0.5) is 5.69 Å². The fraction of sp³-hybridized carbons (Fsp3) is 0.267. The molecule has 0 unspecified atom stereocenters. The molecule has 184 valence electrons. The molecule has 3 aromatic rings. The number of rotatable bonds is 6. The minimum absolute atomic E-state index is 0.0381. The van der Waals surface area contributed by atoms with E-state index in [1.807, 2.05) is 89.8 Å². The summed E-state index contributed by atoms with van der Waals surface area (Å²) in [5.74, 6) is 1.24. The van der Waals surface area contributed by atoms with Crippen molar-refractivity contribution >= 4 is 50.5 Å². The van der Waals surface area contributed by atoms with Crippen molar-refractivity contribution in [3.8, 4) is 5.75 Å². The van der Waals surface area contributed by atoms with Gasteiger partial charge < -0.3 is 4.74 Å². The molecule has 0 spiro atoms. The van der Waals surface area contributed by atoms with Gasteiger partial charge in [-0.2, -0.15) is 0 Å². The summed E-state index contributed by atoms with van der Waals surface area (Å²) in [7, 11) is 0. The number of carbonyl (C=O) groups excluding carboxylic acids is 1. The van der Waals surface area contributed by atoms with Crippen LogP contribution in [0.15, 0.2) is 93.2 Å². The Bertz CT molecular complexity index is 1270. The van der Waals surface area contributed by atoms with Crippen molar-refractivity contribution in [1.29, 1.82) is 0 Å². The Labute approximate surface area is 225 Å². The second-order valence-corrected chi connectivity index (χ2v) is 11.2. The van der Waals surface area contributed by atoms with E-state index in [4.69, 9.17) is 9.73 Å². The number of hydrogen-bond donors (Lipinski definition) is 0. The van der Waals surface area contributed by atoms with Gasteiger partial charge in [0, 0.05) is 16.1 Å². The van der Waals surface area contributed by atoms with Crippen LogP contribution in [0.3, 0.4) is 0 Å². The highest BCUT2D eigenvalue weighted by Crippen LogP contribution is 2.40. The first-order valence-electron chi connectivity index (χ1n) is 12.4. The maximum atomic E-state index is 13.8. The number of thioether (sulfide) groups is 1. The summed E-state index contributed by atoms with van der Waals surface area (Å²) >= 11 is 4.94. The molecule has 0 N–H and O–H groups in total. The number of benzene rings is 3. The van der Waals surface area contributed by atoms with Crippen molar-refractivity contribution in [2.45, 2.75) is 45.3 Å². The van der Waals surface area contributed by atoms with Gasteiger partial charge >= 0.3 is 0 Å². The summed E-state index contributed by atoms with van der Waals surface area (Å²) in [6.45, 7) is 2.72. The largest absolute Gasteiger partial charge is 0.488 e. The third kappa shape index (κ3) is 5.76. The van der Waals surface area contributed by atoms with Crippen LogP contribution in [0, 0.1) is 5.92 Å².